The fraction of sp³-hybridized carbons (Fsp3) is 0.500. The third-order valence-corrected chi connectivity index (χ3v) is 4.09. The number of aryl methyl sites for hydroxylation is 1. The van der Waals surface area contributed by atoms with Gasteiger partial charge in [0.15, 0.2) is 5.96 Å². The van der Waals surface area contributed by atoms with Gasteiger partial charge in [0.05, 0.1) is 13.2 Å². The highest BCUT2D eigenvalue weighted by atomic mass is 127. The average molecular weight is 487 g/mol. The van der Waals surface area contributed by atoms with E-state index in [0.29, 0.717) is 13.1 Å². The molecule has 8 nitrogen and oxygen atoms in total. The molecule has 2 N–H and O–H groups in total. The molecule has 0 saturated heterocycles. The number of nitrogens with zero attached hydrogens (tertiary/aromatic N) is 5. The Morgan fingerprint density at radius 2 is 2.11 bits per heavy atom. The van der Waals surface area contributed by atoms with E-state index in [9.17, 15) is 0 Å². The second-order valence-corrected chi connectivity index (χ2v) is 6.13. The summed E-state index contributed by atoms with van der Waals surface area (Å²) in [6, 6.07) is 8.33. The Kier molecular flexibility index (Phi) is 10.1. The smallest absolute Gasteiger partial charge is 0.191 e. The van der Waals surface area contributed by atoms with Gasteiger partial charge < -0.3 is 20.3 Å². The summed E-state index contributed by atoms with van der Waals surface area (Å²) in [4.78, 5) is 11.0. The number of guanidine groups is 1. The highest BCUT2D eigenvalue weighted by Gasteiger charge is 2.15. The summed E-state index contributed by atoms with van der Waals surface area (Å²) in [5.41, 5.74) is 1.19. The van der Waals surface area contributed by atoms with Crippen LogP contribution in [0.3, 0.4) is 0 Å². The maximum Gasteiger partial charge on any atom is 0.191 e. The van der Waals surface area contributed by atoms with Crippen LogP contribution in [0.2, 0.25) is 0 Å². The lowest BCUT2D eigenvalue weighted by atomic mass is 10.1. The summed E-state index contributed by atoms with van der Waals surface area (Å²) in [6.45, 7) is 4.02. The Balaban J connectivity index is 0.00000364. The Bertz CT molecular complexity index is 717. The normalized spacial score (nSPS) is 12.4. The van der Waals surface area contributed by atoms with Gasteiger partial charge in [0.1, 0.15) is 24.4 Å². The molecule has 0 bridgehead atoms. The highest BCUT2D eigenvalue weighted by Crippen LogP contribution is 2.22. The number of halogens is 1. The van der Waals surface area contributed by atoms with Crippen LogP contribution in [0.1, 0.15) is 24.4 Å². The second kappa shape index (κ2) is 11.8. The Hall–Kier alpha value is -1.88. The van der Waals surface area contributed by atoms with Gasteiger partial charge in [-0.25, -0.2) is 9.98 Å². The van der Waals surface area contributed by atoms with Crippen molar-refractivity contribution in [3.63, 3.8) is 0 Å². The summed E-state index contributed by atoms with van der Waals surface area (Å²) in [5, 5.41) is 10.8. The molecule has 1 aromatic carbocycles. The monoisotopic (exact) mass is 487 g/mol. The minimum absolute atomic E-state index is 0. The van der Waals surface area contributed by atoms with E-state index < -0.39 is 0 Å². The molecular formula is C18H30IN7O. The van der Waals surface area contributed by atoms with E-state index in [0.717, 1.165) is 24.1 Å². The lowest BCUT2D eigenvalue weighted by Crippen LogP contribution is -2.41. The van der Waals surface area contributed by atoms with Crippen molar-refractivity contribution in [3.05, 3.63) is 42.0 Å². The third-order valence-electron chi connectivity index (χ3n) is 4.09. The molecule has 1 atom stereocenters. The van der Waals surface area contributed by atoms with Crippen molar-refractivity contribution < 1.29 is 4.74 Å². The largest absolute Gasteiger partial charge is 0.497 e. The molecule has 1 unspecified atom stereocenters. The predicted octanol–water partition coefficient (Wildman–Crippen LogP) is 1.80. The second-order valence-electron chi connectivity index (χ2n) is 6.13. The molecule has 1 aromatic heterocycles. The quantitative estimate of drug-likeness (QED) is 0.336. The molecule has 27 heavy (non-hydrogen) atoms. The number of aliphatic imine (C=N–C) groups is 1. The molecule has 0 aliphatic carbocycles. The number of rotatable bonds is 8. The van der Waals surface area contributed by atoms with Crippen molar-refractivity contribution >= 4 is 29.9 Å². The molecule has 0 saturated carbocycles. The van der Waals surface area contributed by atoms with Crippen molar-refractivity contribution in [1.82, 2.24) is 30.3 Å². The van der Waals surface area contributed by atoms with Crippen LogP contribution < -0.4 is 15.4 Å². The fourth-order valence-corrected chi connectivity index (χ4v) is 2.60. The average Bonchev–Trinajstić information content (AvgIpc) is 3.04. The van der Waals surface area contributed by atoms with E-state index in [4.69, 9.17) is 4.74 Å². The van der Waals surface area contributed by atoms with Crippen molar-refractivity contribution in [2.45, 2.75) is 19.5 Å². The van der Waals surface area contributed by atoms with Crippen molar-refractivity contribution in [1.29, 1.82) is 0 Å². The number of aromatic nitrogens is 3. The van der Waals surface area contributed by atoms with Gasteiger partial charge in [-0.05, 0) is 38.7 Å². The third kappa shape index (κ3) is 6.98. The molecule has 0 radical (unpaired) electrons. The highest BCUT2D eigenvalue weighted by molar-refractivity contribution is 14.0. The van der Waals surface area contributed by atoms with Gasteiger partial charge in [-0.15, -0.1) is 24.0 Å². The number of hydrogen-bond acceptors (Lipinski definition) is 5. The van der Waals surface area contributed by atoms with E-state index in [1.165, 1.54) is 11.9 Å². The van der Waals surface area contributed by atoms with Crippen molar-refractivity contribution in [3.8, 4) is 5.75 Å². The summed E-state index contributed by atoms with van der Waals surface area (Å²) < 4.78 is 7.08. The van der Waals surface area contributed by atoms with Crippen LogP contribution in [0.25, 0.3) is 0 Å². The van der Waals surface area contributed by atoms with Crippen LogP contribution in [-0.4, -0.2) is 59.9 Å². The van der Waals surface area contributed by atoms with Crippen LogP contribution in [0, 0.1) is 0 Å². The molecule has 0 aliphatic heterocycles. The molecular weight excluding hydrogens is 457 g/mol. The van der Waals surface area contributed by atoms with Crippen LogP contribution >= 0.6 is 24.0 Å². The predicted molar refractivity (Wildman–Crippen MR) is 119 cm³/mol. The van der Waals surface area contributed by atoms with Crippen LogP contribution in [0.15, 0.2) is 35.6 Å². The zero-order valence-electron chi connectivity index (χ0n) is 16.6. The summed E-state index contributed by atoms with van der Waals surface area (Å²) >= 11 is 0. The molecule has 0 amide bonds. The number of ether oxygens (including phenoxy) is 1. The maximum absolute atomic E-state index is 5.35. The molecule has 0 fully saturated rings. The molecule has 1 heterocycles. The molecule has 9 heteroatoms. The summed E-state index contributed by atoms with van der Waals surface area (Å²) in [5.74, 6) is 2.43. The molecule has 2 aromatic rings. The number of methoxy groups -OCH3 is 1. The Morgan fingerprint density at radius 3 is 2.70 bits per heavy atom. The number of benzene rings is 1. The van der Waals surface area contributed by atoms with Crippen molar-refractivity contribution in [2.24, 2.45) is 12.0 Å². The maximum atomic E-state index is 5.35. The molecule has 0 spiro atoms. The van der Waals surface area contributed by atoms with E-state index in [2.05, 4.69) is 56.8 Å². The standard InChI is InChI=1S/C18H29N7O.HI/c1-6-19-18(21-12-17-22-13-23-25(17)4)20-11-16(24(2)3)14-8-7-9-15(10-14)26-5;/h7-10,13,16H,6,11-12H2,1-5H3,(H2,19,20,21);1H. The van der Waals surface area contributed by atoms with Crippen LogP contribution in [0.4, 0.5) is 0 Å². The molecule has 150 valence electrons. The van der Waals surface area contributed by atoms with E-state index in [1.807, 2.05) is 26.1 Å². The minimum atomic E-state index is 0. The number of likely N-dealkylation sites (N-methyl/N-ethyl adjacent to an activating group) is 1. The van der Waals surface area contributed by atoms with Crippen LogP contribution in [0.5, 0.6) is 5.75 Å². The SMILES string of the molecule is CCNC(=NCc1ncnn1C)NCC(c1cccc(OC)c1)N(C)C.I. The summed E-state index contributed by atoms with van der Waals surface area (Å²) in [6.07, 6.45) is 1.54. The van der Waals surface area contributed by atoms with Gasteiger partial charge in [-0.1, -0.05) is 12.1 Å². The minimum Gasteiger partial charge on any atom is -0.497 e. The summed E-state index contributed by atoms with van der Waals surface area (Å²) in [7, 11) is 7.68. The first kappa shape index (κ1) is 23.2. The van der Waals surface area contributed by atoms with Gasteiger partial charge >= 0.3 is 0 Å². The zero-order chi connectivity index (χ0) is 18.9. The van der Waals surface area contributed by atoms with Gasteiger partial charge in [-0.3, -0.25) is 4.68 Å². The lowest BCUT2D eigenvalue weighted by molar-refractivity contribution is 0.297. The lowest BCUT2D eigenvalue weighted by Gasteiger charge is -2.26. The van der Waals surface area contributed by atoms with Gasteiger partial charge in [-0.2, -0.15) is 5.10 Å². The van der Waals surface area contributed by atoms with E-state index in [1.54, 1.807) is 11.8 Å². The van der Waals surface area contributed by atoms with Crippen LogP contribution in [-0.2, 0) is 13.6 Å². The van der Waals surface area contributed by atoms with E-state index >= 15 is 0 Å². The van der Waals surface area contributed by atoms with Gasteiger partial charge in [0, 0.05) is 20.1 Å². The first-order chi connectivity index (χ1) is 12.5. The molecule has 2 rings (SSSR count). The van der Waals surface area contributed by atoms with Crippen molar-refractivity contribution in [2.75, 3.05) is 34.3 Å². The Morgan fingerprint density at radius 1 is 1.33 bits per heavy atom. The van der Waals surface area contributed by atoms with Gasteiger partial charge in [0.25, 0.3) is 0 Å². The number of hydrogen-bond donors (Lipinski definition) is 2. The topological polar surface area (TPSA) is 79.6 Å². The van der Waals surface area contributed by atoms with Gasteiger partial charge in [0.2, 0.25) is 0 Å². The number of nitrogens with one attached hydrogen (secondary N) is 2. The zero-order valence-corrected chi connectivity index (χ0v) is 19.0. The first-order valence-corrected chi connectivity index (χ1v) is 8.70. The first-order valence-electron chi connectivity index (χ1n) is 8.70. The fourth-order valence-electron chi connectivity index (χ4n) is 2.60. The Labute approximate surface area is 178 Å². The molecule has 0 aliphatic rings. The van der Waals surface area contributed by atoms with E-state index in [-0.39, 0.29) is 30.0 Å².